The third kappa shape index (κ3) is 12.1. The van der Waals surface area contributed by atoms with Crippen molar-refractivity contribution in [3.8, 4) is 5.75 Å². The molecule has 0 amide bonds. The van der Waals surface area contributed by atoms with Crippen molar-refractivity contribution in [2.75, 3.05) is 45.1 Å². The van der Waals surface area contributed by atoms with Gasteiger partial charge in [-0.1, -0.05) is 36.0 Å². The zero-order valence-corrected chi connectivity index (χ0v) is 27.3. The van der Waals surface area contributed by atoms with Crippen molar-refractivity contribution in [2.45, 2.75) is 29.8 Å². The third-order valence-electron chi connectivity index (χ3n) is 6.97. The van der Waals surface area contributed by atoms with Gasteiger partial charge in [-0.15, -0.1) is 11.3 Å². The number of β-amino-alcohol motifs (C(OH)–C–C–N with tert-alkyl or cyclic N) is 1. The Balaban J connectivity index is 0.000000771. The van der Waals surface area contributed by atoms with E-state index in [1.54, 1.807) is 47.4 Å². The molecule has 5 rings (SSSR count). The third-order valence-corrected chi connectivity index (χ3v) is 9.27. The molecule has 1 aliphatic rings. The number of carbonyl (C=O) groups is 2. The Labute approximate surface area is 279 Å². The van der Waals surface area contributed by atoms with Crippen molar-refractivity contribution >= 4 is 45.3 Å². The Hall–Kier alpha value is -3.70. The lowest BCUT2D eigenvalue weighted by atomic mass is 9.96. The van der Waals surface area contributed by atoms with Gasteiger partial charge in [0.05, 0.1) is 29.0 Å². The topological polar surface area (TPSA) is 186 Å². The van der Waals surface area contributed by atoms with Crippen LogP contribution in [0.5, 0.6) is 5.75 Å². The van der Waals surface area contributed by atoms with Crippen LogP contribution in [0.25, 0.3) is 10.2 Å². The first-order valence-corrected chi connectivity index (χ1v) is 16.2. The summed E-state index contributed by atoms with van der Waals surface area (Å²) in [5, 5.41) is 26.2. The summed E-state index contributed by atoms with van der Waals surface area (Å²) in [6.07, 6.45) is -1.28. The minimum Gasteiger partial charge on any atom is -0.494 e. The molecule has 1 saturated heterocycles. The lowest BCUT2D eigenvalue weighted by Gasteiger charge is -2.40. The number of aromatic nitrogens is 1. The van der Waals surface area contributed by atoms with Crippen molar-refractivity contribution in [3.05, 3.63) is 89.5 Å². The van der Waals surface area contributed by atoms with Crippen LogP contribution in [0.1, 0.15) is 30.5 Å². The largest absolute Gasteiger partial charge is 0.494 e. The second-order valence-corrected chi connectivity index (χ2v) is 12.6. The fourth-order valence-corrected chi connectivity index (χ4v) is 7.00. The van der Waals surface area contributed by atoms with Crippen LogP contribution in [0, 0.1) is 11.6 Å². The summed E-state index contributed by atoms with van der Waals surface area (Å²) in [6, 6.07) is 18.9. The molecule has 256 valence electrons. The minimum atomic E-state index is -1.31. The maximum absolute atomic E-state index is 13.6. The van der Waals surface area contributed by atoms with E-state index in [0.29, 0.717) is 18.9 Å². The van der Waals surface area contributed by atoms with Crippen molar-refractivity contribution in [3.63, 3.8) is 0 Å². The van der Waals surface area contributed by atoms with E-state index >= 15 is 0 Å². The van der Waals surface area contributed by atoms with Gasteiger partial charge < -0.3 is 31.0 Å². The Morgan fingerprint density at radius 3 is 1.96 bits per heavy atom. The molecule has 4 aromatic rings. The number of ether oxygens (including phenoxy) is 1. The van der Waals surface area contributed by atoms with E-state index in [2.05, 4.69) is 14.8 Å². The van der Waals surface area contributed by atoms with Gasteiger partial charge in [-0.05, 0) is 60.5 Å². The van der Waals surface area contributed by atoms with Crippen molar-refractivity contribution in [1.82, 2.24) is 14.8 Å². The summed E-state index contributed by atoms with van der Waals surface area (Å²) in [5.41, 5.74) is 2.91. The van der Waals surface area contributed by atoms with E-state index in [-0.39, 0.29) is 28.6 Å². The second kappa shape index (κ2) is 19.2. The number of aliphatic carboxylic acids is 2. The minimum absolute atomic E-state index is 0. The quantitative estimate of drug-likeness (QED) is 0.146. The van der Waals surface area contributed by atoms with E-state index in [1.165, 1.54) is 24.3 Å². The van der Waals surface area contributed by atoms with Crippen molar-refractivity contribution in [1.29, 1.82) is 0 Å². The smallest absolute Gasteiger partial charge is 0.314 e. The SMILES string of the molecule is CCOc1ccc2nc(SCC(O)CN3CCN(C(c4ccc(F)cc4)c4ccc(F)cc4)CC3)sc2c1.O.O.O=C(O)CC(=O)O. The number of carboxylic acids is 2. The van der Waals surface area contributed by atoms with Gasteiger partial charge >= 0.3 is 11.9 Å². The Kier molecular flexibility index (Phi) is 16.1. The van der Waals surface area contributed by atoms with Crippen molar-refractivity contribution < 1.29 is 49.4 Å². The van der Waals surface area contributed by atoms with E-state index in [9.17, 15) is 23.5 Å². The Morgan fingerprint density at radius 2 is 1.47 bits per heavy atom. The molecule has 15 heteroatoms. The van der Waals surface area contributed by atoms with Crippen LogP contribution >= 0.6 is 23.1 Å². The van der Waals surface area contributed by atoms with Crippen LogP contribution in [0.4, 0.5) is 8.78 Å². The summed E-state index contributed by atoms with van der Waals surface area (Å²) in [6.45, 7) is 6.39. The van der Waals surface area contributed by atoms with E-state index in [0.717, 1.165) is 57.6 Å². The first-order valence-electron chi connectivity index (χ1n) is 14.4. The molecule has 1 aromatic heterocycles. The zero-order valence-electron chi connectivity index (χ0n) is 25.6. The number of halogens is 2. The van der Waals surface area contributed by atoms with Gasteiger partial charge in [0.25, 0.3) is 0 Å². The summed E-state index contributed by atoms with van der Waals surface area (Å²) in [5.74, 6) is -1.75. The van der Waals surface area contributed by atoms with Gasteiger partial charge in [-0.2, -0.15) is 0 Å². The predicted molar refractivity (Wildman–Crippen MR) is 177 cm³/mol. The molecule has 2 heterocycles. The van der Waals surface area contributed by atoms with Gasteiger partial charge in [0.2, 0.25) is 0 Å². The first kappa shape index (κ1) is 39.5. The monoisotopic (exact) mass is 695 g/mol. The summed E-state index contributed by atoms with van der Waals surface area (Å²) >= 11 is 3.20. The molecule has 0 saturated carbocycles. The van der Waals surface area contributed by atoms with E-state index < -0.39 is 24.5 Å². The van der Waals surface area contributed by atoms with Crippen molar-refractivity contribution in [2.24, 2.45) is 0 Å². The number of hydrogen-bond donors (Lipinski definition) is 3. The van der Waals surface area contributed by atoms with Gasteiger partial charge in [-0.25, -0.2) is 13.8 Å². The van der Waals surface area contributed by atoms with Crippen LogP contribution in [0.2, 0.25) is 0 Å². The molecule has 1 aliphatic heterocycles. The van der Waals surface area contributed by atoms with Crippen LogP contribution < -0.4 is 4.74 Å². The molecular weight excluding hydrogens is 656 g/mol. The number of rotatable bonds is 12. The standard InChI is InChI=1S/C29H31F2N3O2S2.C3H4O4.2H2O/c1-2-36-25-11-12-26-27(17-25)38-29(32-26)37-19-24(35)18-33-13-15-34(16-14-33)28(20-3-7-22(30)8-4-20)21-5-9-23(31)10-6-21;4-2(5)1-3(6)7;;/h3-12,17,24,28,35H,2,13-16,18-19H2,1H3;1H2,(H,4,5)(H,6,7);2*1H2. The van der Waals surface area contributed by atoms with Crippen LogP contribution in [0.3, 0.4) is 0 Å². The number of nitrogens with zero attached hydrogens (tertiary/aromatic N) is 3. The Bertz CT molecular complexity index is 1500. The molecule has 0 spiro atoms. The zero-order chi connectivity index (χ0) is 32.3. The molecule has 11 nitrogen and oxygen atoms in total. The number of carboxylic acid groups (broad SMARTS) is 2. The highest BCUT2D eigenvalue weighted by Crippen LogP contribution is 2.33. The summed E-state index contributed by atoms with van der Waals surface area (Å²) in [4.78, 5) is 28.2. The highest BCUT2D eigenvalue weighted by molar-refractivity contribution is 8.01. The van der Waals surface area contributed by atoms with Gasteiger partial charge in [0, 0.05) is 38.5 Å². The lowest BCUT2D eigenvalue weighted by molar-refractivity contribution is -0.147. The average molecular weight is 696 g/mol. The Morgan fingerprint density at radius 1 is 0.915 bits per heavy atom. The number of aliphatic hydroxyl groups is 1. The number of fused-ring (bicyclic) bond motifs is 1. The number of aliphatic hydroxyl groups excluding tert-OH is 1. The molecule has 0 aliphatic carbocycles. The van der Waals surface area contributed by atoms with Gasteiger partial charge in [-0.3, -0.25) is 19.4 Å². The first-order chi connectivity index (χ1) is 21.6. The maximum atomic E-state index is 13.6. The summed E-state index contributed by atoms with van der Waals surface area (Å²) < 4.78 is 34.8. The number of hydrogen-bond acceptors (Lipinski definition) is 9. The molecule has 0 bridgehead atoms. The second-order valence-electron chi connectivity index (χ2n) is 10.3. The van der Waals surface area contributed by atoms with Gasteiger partial charge in [0.15, 0.2) is 4.34 Å². The summed E-state index contributed by atoms with van der Waals surface area (Å²) in [7, 11) is 0. The fraction of sp³-hybridized carbons (Fsp3) is 0.344. The number of piperazine rings is 1. The highest BCUT2D eigenvalue weighted by atomic mass is 32.2. The lowest BCUT2D eigenvalue weighted by Crippen LogP contribution is -2.50. The van der Waals surface area contributed by atoms with Gasteiger partial charge in [0.1, 0.15) is 23.8 Å². The van der Waals surface area contributed by atoms with E-state index in [4.69, 9.17) is 14.9 Å². The molecule has 7 N–H and O–H groups in total. The van der Waals surface area contributed by atoms with Crippen LogP contribution in [0.15, 0.2) is 71.1 Å². The molecular formula is C32H39F2N3O8S2. The molecule has 0 radical (unpaired) electrons. The molecule has 1 unspecified atom stereocenters. The number of thioether (sulfide) groups is 1. The predicted octanol–water partition coefficient (Wildman–Crippen LogP) is 3.73. The molecule has 1 fully saturated rings. The normalized spacial score (nSPS) is 14.0. The number of benzene rings is 3. The van der Waals surface area contributed by atoms with Crippen LogP contribution in [-0.4, -0.2) is 104 Å². The highest BCUT2D eigenvalue weighted by Gasteiger charge is 2.27. The van der Waals surface area contributed by atoms with Crippen LogP contribution in [-0.2, 0) is 9.59 Å². The average Bonchev–Trinajstić information content (AvgIpc) is 3.41. The fourth-order valence-electron chi connectivity index (χ4n) is 4.96. The molecule has 1 atom stereocenters. The molecule has 47 heavy (non-hydrogen) atoms. The maximum Gasteiger partial charge on any atom is 0.314 e. The number of thiazole rings is 1. The van der Waals surface area contributed by atoms with E-state index in [1.807, 2.05) is 25.1 Å². The molecule has 3 aromatic carbocycles.